The Bertz CT molecular complexity index is 632. The largest absolute Gasteiger partial charge is 0.480 e. The molecule has 0 spiro atoms. The summed E-state index contributed by atoms with van der Waals surface area (Å²) in [6.07, 6.45) is -3.77. The molecule has 1 unspecified atom stereocenters. The molecule has 0 aromatic heterocycles. The predicted molar refractivity (Wildman–Crippen MR) is 62.8 cm³/mol. The molecule has 1 aromatic carbocycles. The molecule has 0 saturated heterocycles. The highest BCUT2D eigenvalue weighted by Crippen LogP contribution is 2.39. The molecule has 8 heteroatoms. The summed E-state index contributed by atoms with van der Waals surface area (Å²) in [5.74, 6) is -2.04. The number of aliphatic carboxylic acids is 1. The zero-order valence-electron chi connectivity index (χ0n) is 10.1. The van der Waals surface area contributed by atoms with Gasteiger partial charge in [-0.1, -0.05) is 6.07 Å². The Morgan fingerprint density at radius 3 is 2.35 bits per heavy atom. The molecule has 0 amide bonds. The molecule has 4 nitrogen and oxygen atoms in total. The van der Waals surface area contributed by atoms with E-state index in [0.29, 0.717) is 18.9 Å². The SMILES string of the molecule is O=C(O)C(C1CC1)S(=O)(=O)c1cccc(C(F)(F)F)c1. The highest BCUT2D eigenvalue weighted by Gasteiger charge is 2.46. The number of carbonyl (C=O) groups is 1. The fraction of sp³-hybridized carbons (Fsp3) is 0.417. The number of rotatable bonds is 4. The van der Waals surface area contributed by atoms with Gasteiger partial charge in [0, 0.05) is 0 Å². The average molecular weight is 308 g/mol. The number of hydrogen-bond acceptors (Lipinski definition) is 3. The first-order valence-electron chi connectivity index (χ1n) is 5.78. The Morgan fingerprint density at radius 1 is 1.30 bits per heavy atom. The first-order valence-corrected chi connectivity index (χ1v) is 7.32. The lowest BCUT2D eigenvalue weighted by atomic mass is 10.2. The molecule has 1 N–H and O–H groups in total. The van der Waals surface area contributed by atoms with E-state index in [1.807, 2.05) is 0 Å². The van der Waals surface area contributed by atoms with E-state index in [4.69, 9.17) is 5.11 Å². The number of sulfone groups is 1. The fourth-order valence-electron chi connectivity index (χ4n) is 1.98. The first-order chi connectivity index (χ1) is 9.14. The van der Waals surface area contributed by atoms with E-state index in [1.54, 1.807) is 0 Å². The van der Waals surface area contributed by atoms with Gasteiger partial charge in [0.05, 0.1) is 10.5 Å². The minimum atomic E-state index is -4.68. The lowest BCUT2D eigenvalue weighted by Gasteiger charge is -2.14. The van der Waals surface area contributed by atoms with Crippen LogP contribution in [0.3, 0.4) is 0 Å². The van der Waals surface area contributed by atoms with E-state index in [2.05, 4.69) is 0 Å². The van der Waals surface area contributed by atoms with Crippen molar-refractivity contribution in [3.05, 3.63) is 29.8 Å². The van der Waals surface area contributed by atoms with Crippen LogP contribution >= 0.6 is 0 Å². The second kappa shape index (κ2) is 4.76. The number of carboxylic acids is 1. The Balaban J connectivity index is 2.46. The summed E-state index contributed by atoms with van der Waals surface area (Å²) in [7, 11) is -4.32. The fourth-order valence-corrected chi connectivity index (χ4v) is 3.88. The van der Waals surface area contributed by atoms with Gasteiger partial charge in [0.1, 0.15) is 0 Å². The Hall–Kier alpha value is -1.57. The Kier molecular flexibility index (Phi) is 3.53. The van der Waals surface area contributed by atoms with Gasteiger partial charge in [-0.2, -0.15) is 13.2 Å². The summed E-state index contributed by atoms with van der Waals surface area (Å²) in [5, 5.41) is 7.33. The number of hydrogen-bond donors (Lipinski definition) is 1. The third-order valence-electron chi connectivity index (χ3n) is 3.12. The van der Waals surface area contributed by atoms with Gasteiger partial charge in [-0.15, -0.1) is 0 Å². The molecule has 110 valence electrons. The van der Waals surface area contributed by atoms with Crippen molar-refractivity contribution in [2.75, 3.05) is 0 Å². The van der Waals surface area contributed by atoms with Crippen LogP contribution in [0.25, 0.3) is 0 Å². The quantitative estimate of drug-likeness (QED) is 0.926. The smallest absolute Gasteiger partial charge is 0.416 e. The normalized spacial score (nSPS) is 17.8. The Labute approximate surface area is 113 Å². The molecule has 0 bridgehead atoms. The maximum atomic E-state index is 12.6. The van der Waals surface area contributed by atoms with E-state index in [9.17, 15) is 26.4 Å². The van der Waals surface area contributed by atoms with Gasteiger partial charge in [-0.3, -0.25) is 4.79 Å². The molecule has 1 atom stereocenters. The van der Waals surface area contributed by atoms with Gasteiger partial charge in [0.15, 0.2) is 15.1 Å². The second-order valence-electron chi connectivity index (χ2n) is 4.67. The molecule has 1 aliphatic rings. The topological polar surface area (TPSA) is 71.4 Å². The Morgan fingerprint density at radius 2 is 1.90 bits per heavy atom. The van der Waals surface area contributed by atoms with Crippen molar-refractivity contribution in [1.82, 2.24) is 0 Å². The molecule has 1 aromatic rings. The van der Waals surface area contributed by atoms with Gasteiger partial charge >= 0.3 is 12.1 Å². The molecule has 0 heterocycles. The van der Waals surface area contributed by atoms with E-state index < -0.39 is 43.6 Å². The summed E-state index contributed by atoms with van der Waals surface area (Å²) in [6.45, 7) is 0. The minimum Gasteiger partial charge on any atom is -0.480 e. The van der Waals surface area contributed by atoms with Gasteiger partial charge in [-0.05, 0) is 37.0 Å². The molecular formula is C12H11F3O4S. The zero-order chi connectivity index (χ0) is 15.1. The summed E-state index contributed by atoms with van der Waals surface area (Å²) in [5.41, 5.74) is -1.11. The van der Waals surface area contributed by atoms with Crippen molar-refractivity contribution >= 4 is 15.8 Å². The first kappa shape index (κ1) is 14.8. The zero-order valence-corrected chi connectivity index (χ0v) is 10.9. The molecule has 0 aliphatic heterocycles. The lowest BCUT2D eigenvalue weighted by Crippen LogP contribution is -2.32. The highest BCUT2D eigenvalue weighted by atomic mass is 32.2. The van der Waals surface area contributed by atoms with E-state index in [-0.39, 0.29) is 0 Å². The molecule has 1 saturated carbocycles. The van der Waals surface area contributed by atoms with Crippen LogP contribution < -0.4 is 0 Å². The van der Waals surface area contributed by atoms with Crippen molar-refractivity contribution in [1.29, 1.82) is 0 Å². The number of benzene rings is 1. The standard InChI is InChI=1S/C12H11F3O4S/c13-12(14,15)8-2-1-3-9(6-8)20(18,19)10(11(16)17)7-4-5-7/h1-3,6-7,10H,4-5H2,(H,16,17). The maximum absolute atomic E-state index is 12.6. The van der Waals surface area contributed by atoms with Crippen molar-refractivity contribution in [2.45, 2.75) is 29.2 Å². The predicted octanol–water partition coefficient (Wildman–Crippen LogP) is 2.34. The molecule has 1 aliphatic carbocycles. The van der Waals surface area contributed by atoms with Crippen LogP contribution in [0, 0.1) is 5.92 Å². The lowest BCUT2D eigenvalue weighted by molar-refractivity contribution is -0.138. The van der Waals surface area contributed by atoms with Crippen LogP contribution in [0.1, 0.15) is 18.4 Å². The van der Waals surface area contributed by atoms with Crippen LogP contribution in [0.4, 0.5) is 13.2 Å². The number of carboxylic acid groups (broad SMARTS) is 1. The van der Waals surface area contributed by atoms with Crippen molar-refractivity contribution in [3.63, 3.8) is 0 Å². The highest BCUT2D eigenvalue weighted by molar-refractivity contribution is 7.92. The summed E-state index contributed by atoms with van der Waals surface area (Å²) >= 11 is 0. The van der Waals surface area contributed by atoms with Gasteiger partial charge < -0.3 is 5.11 Å². The van der Waals surface area contributed by atoms with Gasteiger partial charge in [-0.25, -0.2) is 8.42 Å². The minimum absolute atomic E-state index is 0.454. The van der Waals surface area contributed by atoms with Crippen molar-refractivity contribution < 1.29 is 31.5 Å². The van der Waals surface area contributed by atoms with Gasteiger partial charge in [0.25, 0.3) is 0 Å². The van der Waals surface area contributed by atoms with Crippen LogP contribution in [0.2, 0.25) is 0 Å². The van der Waals surface area contributed by atoms with Crippen LogP contribution in [0.15, 0.2) is 29.2 Å². The summed E-state index contributed by atoms with van der Waals surface area (Å²) in [4.78, 5) is 10.5. The second-order valence-corrected chi connectivity index (χ2v) is 6.74. The molecule has 20 heavy (non-hydrogen) atoms. The summed E-state index contributed by atoms with van der Waals surface area (Å²) in [6, 6.07) is 3.17. The van der Waals surface area contributed by atoms with Crippen molar-refractivity contribution in [2.24, 2.45) is 5.92 Å². The van der Waals surface area contributed by atoms with Crippen LogP contribution in [0.5, 0.6) is 0 Å². The van der Waals surface area contributed by atoms with E-state index >= 15 is 0 Å². The third kappa shape index (κ3) is 2.79. The number of alkyl halides is 3. The molecule has 2 rings (SSSR count). The number of halogens is 3. The van der Waals surface area contributed by atoms with E-state index in [1.165, 1.54) is 0 Å². The molecule has 1 fully saturated rings. The molecule has 0 radical (unpaired) electrons. The average Bonchev–Trinajstić information content (AvgIpc) is 3.11. The molecular weight excluding hydrogens is 297 g/mol. The van der Waals surface area contributed by atoms with Crippen molar-refractivity contribution in [3.8, 4) is 0 Å². The van der Waals surface area contributed by atoms with Crippen LogP contribution in [-0.4, -0.2) is 24.7 Å². The summed E-state index contributed by atoms with van der Waals surface area (Å²) < 4.78 is 62.1. The van der Waals surface area contributed by atoms with Gasteiger partial charge in [0.2, 0.25) is 0 Å². The van der Waals surface area contributed by atoms with Crippen LogP contribution in [-0.2, 0) is 20.8 Å². The maximum Gasteiger partial charge on any atom is 0.416 e. The monoisotopic (exact) mass is 308 g/mol. The van der Waals surface area contributed by atoms with E-state index in [0.717, 1.165) is 18.2 Å². The third-order valence-corrected chi connectivity index (χ3v) is 5.28.